The normalized spacial score (nSPS) is 15.2. The molecule has 4 rings (SSSR count). The molecule has 1 unspecified atom stereocenters. The van der Waals surface area contributed by atoms with Crippen LogP contribution in [0, 0.1) is 5.95 Å². The van der Waals surface area contributed by atoms with Crippen LogP contribution in [0.3, 0.4) is 0 Å². The van der Waals surface area contributed by atoms with Crippen LogP contribution in [0.1, 0.15) is 49.9 Å². The number of carboxylic acids is 1. The van der Waals surface area contributed by atoms with E-state index in [2.05, 4.69) is 15.0 Å². The number of carboxylic acid groups (broad SMARTS) is 1. The van der Waals surface area contributed by atoms with Gasteiger partial charge in [-0.2, -0.15) is 4.39 Å². The molecule has 8 nitrogen and oxygen atoms in total. The first kappa shape index (κ1) is 22.6. The fraction of sp³-hybridized carbons (Fsp3) is 0.375. The van der Waals surface area contributed by atoms with Crippen molar-refractivity contribution in [3.05, 3.63) is 59.9 Å². The smallest absolute Gasteiger partial charge is 0.303 e. The minimum absolute atomic E-state index is 0.0790. The van der Waals surface area contributed by atoms with Crippen LogP contribution >= 0.6 is 0 Å². The molecule has 3 aromatic rings. The second-order valence-corrected chi connectivity index (χ2v) is 7.97. The number of pyridine rings is 2. The van der Waals surface area contributed by atoms with Crippen LogP contribution in [-0.4, -0.2) is 44.2 Å². The van der Waals surface area contributed by atoms with E-state index in [9.17, 15) is 9.18 Å². The van der Waals surface area contributed by atoms with Gasteiger partial charge in [-0.25, -0.2) is 15.0 Å². The molecule has 0 aromatic carbocycles. The molecule has 0 saturated carbocycles. The first-order valence-corrected chi connectivity index (χ1v) is 11.1. The van der Waals surface area contributed by atoms with Gasteiger partial charge < -0.3 is 14.7 Å². The van der Waals surface area contributed by atoms with Crippen molar-refractivity contribution in [2.24, 2.45) is 0 Å². The van der Waals surface area contributed by atoms with Crippen LogP contribution in [0.5, 0.6) is 5.75 Å². The zero-order chi connectivity index (χ0) is 23.2. The first-order valence-electron chi connectivity index (χ1n) is 11.1. The molecule has 172 valence electrons. The second-order valence-electron chi connectivity index (χ2n) is 7.97. The quantitative estimate of drug-likeness (QED) is 0.381. The fourth-order valence-corrected chi connectivity index (χ4v) is 3.93. The SMILES string of the molecule is CC1c2cnc(-c3ccccn3)nc2CCN1c1cc(OCCCCCC(=O)O)cc(F)n1. The highest BCUT2D eigenvalue weighted by Crippen LogP contribution is 2.33. The number of aromatic nitrogens is 4. The molecule has 0 radical (unpaired) electrons. The zero-order valence-electron chi connectivity index (χ0n) is 18.4. The summed E-state index contributed by atoms with van der Waals surface area (Å²) in [5, 5.41) is 8.69. The highest BCUT2D eigenvalue weighted by atomic mass is 19.1. The van der Waals surface area contributed by atoms with Crippen LogP contribution in [0.4, 0.5) is 10.2 Å². The molecule has 0 saturated heterocycles. The lowest BCUT2D eigenvalue weighted by molar-refractivity contribution is -0.137. The Hall–Kier alpha value is -3.62. The van der Waals surface area contributed by atoms with E-state index in [0.29, 0.717) is 49.8 Å². The van der Waals surface area contributed by atoms with Gasteiger partial charge in [-0.1, -0.05) is 6.07 Å². The van der Waals surface area contributed by atoms with Crippen molar-refractivity contribution < 1.29 is 19.0 Å². The molecule has 1 aliphatic rings. The summed E-state index contributed by atoms with van der Waals surface area (Å²) in [6.07, 6.45) is 6.41. The summed E-state index contributed by atoms with van der Waals surface area (Å²) in [6.45, 7) is 3.06. The molecule has 0 amide bonds. The van der Waals surface area contributed by atoms with Gasteiger partial charge in [-0.05, 0) is 38.3 Å². The molecule has 0 fully saturated rings. The number of rotatable bonds is 9. The Morgan fingerprint density at radius 3 is 2.88 bits per heavy atom. The van der Waals surface area contributed by atoms with Crippen molar-refractivity contribution in [2.45, 2.75) is 45.1 Å². The van der Waals surface area contributed by atoms with Gasteiger partial charge in [-0.3, -0.25) is 9.78 Å². The predicted molar refractivity (Wildman–Crippen MR) is 121 cm³/mol. The van der Waals surface area contributed by atoms with Crippen molar-refractivity contribution in [1.82, 2.24) is 19.9 Å². The molecule has 9 heteroatoms. The summed E-state index contributed by atoms with van der Waals surface area (Å²) in [5.74, 6) is 0.108. The number of aliphatic carboxylic acids is 1. The van der Waals surface area contributed by atoms with E-state index in [1.165, 1.54) is 6.07 Å². The van der Waals surface area contributed by atoms with Gasteiger partial charge in [0.25, 0.3) is 0 Å². The average molecular weight is 452 g/mol. The zero-order valence-corrected chi connectivity index (χ0v) is 18.4. The highest BCUT2D eigenvalue weighted by molar-refractivity contribution is 5.66. The largest absolute Gasteiger partial charge is 0.493 e. The number of anilines is 1. The number of ether oxygens (including phenoxy) is 1. The first-order chi connectivity index (χ1) is 16.0. The van der Waals surface area contributed by atoms with E-state index < -0.39 is 11.9 Å². The number of hydrogen-bond acceptors (Lipinski definition) is 7. The third-order valence-corrected chi connectivity index (χ3v) is 5.65. The molecule has 1 aliphatic heterocycles. The Bertz CT molecular complexity index is 1110. The number of unbranched alkanes of at least 4 members (excludes halogenated alkanes) is 2. The maximum atomic E-state index is 14.3. The molecule has 0 aliphatic carbocycles. The van der Waals surface area contributed by atoms with Crippen molar-refractivity contribution in [1.29, 1.82) is 0 Å². The number of halogens is 1. The Morgan fingerprint density at radius 1 is 1.21 bits per heavy atom. The second kappa shape index (κ2) is 10.3. The summed E-state index contributed by atoms with van der Waals surface area (Å²) in [6, 6.07) is 8.57. The van der Waals surface area contributed by atoms with Gasteiger partial charge >= 0.3 is 5.97 Å². The molecule has 0 spiro atoms. The summed E-state index contributed by atoms with van der Waals surface area (Å²) in [4.78, 5) is 30.2. The summed E-state index contributed by atoms with van der Waals surface area (Å²) in [5.41, 5.74) is 2.67. The fourth-order valence-electron chi connectivity index (χ4n) is 3.93. The van der Waals surface area contributed by atoms with Crippen LogP contribution < -0.4 is 9.64 Å². The van der Waals surface area contributed by atoms with Crippen LogP contribution in [0.15, 0.2) is 42.7 Å². The predicted octanol–water partition coefficient (Wildman–Crippen LogP) is 4.22. The Balaban J connectivity index is 1.44. The van der Waals surface area contributed by atoms with Gasteiger partial charge in [0.15, 0.2) is 5.82 Å². The standard InChI is InChI=1S/C24H26FN5O3/c1-16-18-15-27-24(20-7-4-5-10-26-20)28-19(18)9-11-30(16)22-14-17(13-21(25)29-22)33-12-6-2-3-8-23(31)32/h4-5,7,10,13-16H,2-3,6,8-9,11-12H2,1H3,(H,31,32). The van der Waals surface area contributed by atoms with E-state index in [4.69, 9.17) is 14.8 Å². The van der Waals surface area contributed by atoms with Gasteiger partial charge in [0, 0.05) is 49.5 Å². The van der Waals surface area contributed by atoms with Crippen LogP contribution in [0.2, 0.25) is 0 Å². The molecular formula is C24H26FN5O3. The molecule has 1 N–H and O–H groups in total. The lowest BCUT2D eigenvalue weighted by Gasteiger charge is -2.35. The number of hydrogen-bond donors (Lipinski definition) is 1. The number of fused-ring (bicyclic) bond motifs is 1. The summed E-state index contributed by atoms with van der Waals surface area (Å²) in [7, 11) is 0. The van der Waals surface area contributed by atoms with E-state index >= 15 is 0 Å². The monoisotopic (exact) mass is 451 g/mol. The third-order valence-electron chi connectivity index (χ3n) is 5.65. The summed E-state index contributed by atoms with van der Waals surface area (Å²) < 4.78 is 20.0. The maximum absolute atomic E-state index is 14.3. The molecule has 4 heterocycles. The average Bonchev–Trinajstić information content (AvgIpc) is 2.81. The lowest BCUT2D eigenvalue weighted by Crippen LogP contribution is -2.35. The molecule has 3 aromatic heterocycles. The minimum atomic E-state index is -0.799. The van der Waals surface area contributed by atoms with Gasteiger partial charge in [0.05, 0.1) is 18.3 Å². The van der Waals surface area contributed by atoms with E-state index in [-0.39, 0.29) is 12.5 Å². The van der Waals surface area contributed by atoms with Gasteiger partial charge in [-0.15, -0.1) is 0 Å². The Labute approximate surface area is 191 Å². The maximum Gasteiger partial charge on any atom is 0.303 e. The molecule has 33 heavy (non-hydrogen) atoms. The molecular weight excluding hydrogens is 425 g/mol. The van der Waals surface area contributed by atoms with Crippen LogP contribution in [0.25, 0.3) is 11.5 Å². The van der Waals surface area contributed by atoms with Crippen LogP contribution in [-0.2, 0) is 11.2 Å². The van der Waals surface area contributed by atoms with E-state index in [1.807, 2.05) is 36.2 Å². The van der Waals surface area contributed by atoms with E-state index in [1.54, 1.807) is 12.3 Å². The third kappa shape index (κ3) is 5.60. The molecule has 0 bridgehead atoms. The lowest BCUT2D eigenvalue weighted by atomic mass is 9.99. The highest BCUT2D eigenvalue weighted by Gasteiger charge is 2.27. The summed E-state index contributed by atoms with van der Waals surface area (Å²) >= 11 is 0. The Morgan fingerprint density at radius 2 is 2.09 bits per heavy atom. The number of nitrogens with zero attached hydrogens (tertiary/aromatic N) is 5. The minimum Gasteiger partial charge on any atom is -0.493 e. The van der Waals surface area contributed by atoms with Crippen molar-refractivity contribution in [3.63, 3.8) is 0 Å². The number of carbonyl (C=O) groups is 1. The topological polar surface area (TPSA) is 101 Å². The molecule has 1 atom stereocenters. The van der Waals surface area contributed by atoms with Crippen molar-refractivity contribution in [2.75, 3.05) is 18.1 Å². The van der Waals surface area contributed by atoms with Crippen molar-refractivity contribution in [3.8, 4) is 17.3 Å². The van der Waals surface area contributed by atoms with Gasteiger partial charge in [0.1, 0.15) is 17.3 Å². The van der Waals surface area contributed by atoms with Gasteiger partial charge in [0.2, 0.25) is 5.95 Å². The Kier molecular flexibility index (Phi) is 7.07. The van der Waals surface area contributed by atoms with E-state index in [0.717, 1.165) is 23.4 Å². The van der Waals surface area contributed by atoms with Crippen molar-refractivity contribution >= 4 is 11.8 Å².